The van der Waals surface area contributed by atoms with Gasteiger partial charge in [-0.1, -0.05) is 30.3 Å². The van der Waals surface area contributed by atoms with Gasteiger partial charge in [0.15, 0.2) is 0 Å². The normalized spacial score (nSPS) is 17.0. The molecule has 1 fully saturated rings. The SMILES string of the molecule is COc1ccc(OC)c(C2CCCN2C(=O)/C=C/c2ccccc2)c1. The molecule has 1 atom stereocenters. The Morgan fingerprint density at radius 2 is 1.92 bits per heavy atom. The van der Waals surface area contributed by atoms with E-state index in [2.05, 4.69) is 0 Å². The predicted octanol–water partition coefficient (Wildman–Crippen LogP) is 4.08. The van der Waals surface area contributed by atoms with Gasteiger partial charge in [-0.2, -0.15) is 0 Å². The third-order valence-corrected chi connectivity index (χ3v) is 4.55. The summed E-state index contributed by atoms with van der Waals surface area (Å²) < 4.78 is 10.8. The molecule has 0 N–H and O–H groups in total. The summed E-state index contributed by atoms with van der Waals surface area (Å²) in [6, 6.07) is 15.6. The molecule has 4 heteroatoms. The number of ether oxygens (including phenoxy) is 2. The van der Waals surface area contributed by atoms with Crippen molar-refractivity contribution in [3.05, 3.63) is 65.7 Å². The van der Waals surface area contributed by atoms with Crippen LogP contribution in [-0.2, 0) is 4.79 Å². The molecule has 1 amide bonds. The third-order valence-electron chi connectivity index (χ3n) is 4.55. The summed E-state index contributed by atoms with van der Waals surface area (Å²) in [6.45, 7) is 0.753. The number of amides is 1. The van der Waals surface area contributed by atoms with Crippen LogP contribution in [0, 0.1) is 0 Å². The van der Waals surface area contributed by atoms with Gasteiger partial charge >= 0.3 is 0 Å². The fourth-order valence-electron chi connectivity index (χ4n) is 3.28. The second-order valence-electron chi connectivity index (χ2n) is 6.04. The molecule has 1 heterocycles. The Hall–Kier alpha value is -2.75. The quantitative estimate of drug-likeness (QED) is 0.772. The van der Waals surface area contributed by atoms with Crippen LogP contribution in [0.15, 0.2) is 54.6 Å². The van der Waals surface area contributed by atoms with Crippen LogP contribution in [0.4, 0.5) is 0 Å². The van der Waals surface area contributed by atoms with Crippen LogP contribution in [0.3, 0.4) is 0 Å². The topological polar surface area (TPSA) is 38.8 Å². The van der Waals surface area contributed by atoms with Crippen LogP contribution in [0.1, 0.15) is 30.0 Å². The van der Waals surface area contributed by atoms with Gasteiger partial charge < -0.3 is 14.4 Å². The zero-order valence-electron chi connectivity index (χ0n) is 14.6. The van der Waals surface area contributed by atoms with E-state index >= 15 is 0 Å². The monoisotopic (exact) mass is 337 g/mol. The van der Waals surface area contributed by atoms with E-state index in [9.17, 15) is 4.79 Å². The molecule has 1 saturated heterocycles. The second kappa shape index (κ2) is 7.88. The molecule has 2 aromatic rings. The minimum absolute atomic E-state index is 0.0120. The number of benzene rings is 2. The molecule has 0 saturated carbocycles. The Morgan fingerprint density at radius 3 is 2.64 bits per heavy atom. The molecule has 0 aliphatic carbocycles. The van der Waals surface area contributed by atoms with E-state index in [0.717, 1.165) is 42.0 Å². The van der Waals surface area contributed by atoms with Crippen LogP contribution in [0.5, 0.6) is 11.5 Å². The number of carbonyl (C=O) groups is 1. The number of likely N-dealkylation sites (tertiary alicyclic amines) is 1. The predicted molar refractivity (Wildman–Crippen MR) is 98.7 cm³/mol. The highest BCUT2D eigenvalue weighted by Crippen LogP contribution is 2.39. The smallest absolute Gasteiger partial charge is 0.247 e. The molecule has 0 spiro atoms. The van der Waals surface area contributed by atoms with Gasteiger partial charge in [0.25, 0.3) is 0 Å². The molecular formula is C21H23NO3. The van der Waals surface area contributed by atoms with Gasteiger partial charge in [0.1, 0.15) is 11.5 Å². The lowest BCUT2D eigenvalue weighted by Gasteiger charge is -2.25. The summed E-state index contributed by atoms with van der Waals surface area (Å²) >= 11 is 0. The Balaban J connectivity index is 1.83. The van der Waals surface area contributed by atoms with Gasteiger partial charge in [-0.15, -0.1) is 0 Å². The van der Waals surface area contributed by atoms with Crippen LogP contribution in [0.2, 0.25) is 0 Å². The average Bonchev–Trinajstić information content (AvgIpc) is 3.16. The summed E-state index contributed by atoms with van der Waals surface area (Å²) in [4.78, 5) is 14.6. The lowest BCUT2D eigenvalue weighted by molar-refractivity contribution is -0.126. The summed E-state index contributed by atoms with van der Waals surface area (Å²) in [5, 5.41) is 0. The fourth-order valence-corrected chi connectivity index (χ4v) is 3.28. The zero-order chi connectivity index (χ0) is 17.6. The highest BCUT2D eigenvalue weighted by molar-refractivity contribution is 5.92. The molecular weight excluding hydrogens is 314 g/mol. The van der Waals surface area contributed by atoms with Crippen molar-refractivity contribution in [2.75, 3.05) is 20.8 Å². The summed E-state index contributed by atoms with van der Waals surface area (Å²) in [5.41, 5.74) is 2.02. The van der Waals surface area contributed by atoms with Gasteiger partial charge in [0.05, 0.1) is 20.3 Å². The van der Waals surface area contributed by atoms with E-state index < -0.39 is 0 Å². The lowest BCUT2D eigenvalue weighted by atomic mass is 10.0. The first-order chi connectivity index (χ1) is 12.2. The molecule has 4 nitrogen and oxygen atoms in total. The molecule has 0 bridgehead atoms. The molecule has 0 aromatic heterocycles. The maximum absolute atomic E-state index is 12.7. The second-order valence-corrected chi connectivity index (χ2v) is 6.04. The Morgan fingerprint density at radius 1 is 1.12 bits per heavy atom. The number of methoxy groups -OCH3 is 2. The Kier molecular flexibility index (Phi) is 5.39. The van der Waals surface area contributed by atoms with Gasteiger partial charge in [0, 0.05) is 18.2 Å². The van der Waals surface area contributed by atoms with Gasteiger partial charge in [-0.05, 0) is 42.7 Å². The van der Waals surface area contributed by atoms with Crippen molar-refractivity contribution in [3.8, 4) is 11.5 Å². The minimum atomic E-state index is 0.0120. The van der Waals surface area contributed by atoms with Crippen molar-refractivity contribution in [1.82, 2.24) is 4.90 Å². The molecule has 3 rings (SSSR count). The van der Waals surface area contributed by atoms with Gasteiger partial charge in [-0.3, -0.25) is 4.79 Å². The van der Waals surface area contributed by atoms with E-state index in [1.807, 2.05) is 59.5 Å². The van der Waals surface area contributed by atoms with Gasteiger partial charge in [-0.25, -0.2) is 0 Å². The molecule has 25 heavy (non-hydrogen) atoms. The van der Waals surface area contributed by atoms with Crippen molar-refractivity contribution < 1.29 is 14.3 Å². The highest BCUT2D eigenvalue weighted by Gasteiger charge is 2.31. The zero-order valence-corrected chi connectivity index (χ0v) is 14.6. The first kappa shape index (κ1) is 17.1. The first-order valence-electron chi connectivity index (χ1n) is 8.48. The summed E-state index contributed by atoms with van der Waals surface area (Å²) in [5.74, 6) is 1.59. The number of hydrogen-bond donors (Lipinski definition) is 0. The number of carbonyl (C=O) groups excluding carboxylic acids is 1. The maximum Gasteiger partial charge on any atom is 0.247 e. The summed E-state index contributed by atoms with van der Waals surface area (Å²) in [6.07, 6.45) is 5.42. The standard InChI is InChI=1S/C21H23NO3/c1-24-17-11-12-20(25-2)18(15-17)19-9-6-14-22(19)21(23)13-10-16-7-4-3-5-8-16/h3-5,7-8,10-13,15,19H,6,9,14H2,1-2H3/b13-10+. The largest absolute Gasteiger partial charge is 0.497 e. The van der Waals surface area contributed by atoms with Crippen LogP contribution >= 0.6 is 0 Å². The van der Waals surface area contributed by atoms with Gasteiger partial charge in [0.2, 0.25) is 5.91 Å². The summed E-state index contributed by atoms with van der Waals surface area (Å²) in [7, 11) is 3.30. The van der Waals surface area contributed by atoms with Crippen LogP contribution in [0.25, 0.3) is 6.08 Å². The van der Waals surface area contributed by atoms with E-state index in [0.29, 0.717) is 0 Å². The van der Waals surface area contributed by atoms with Crippen LogP contribution < -0.4 is 9.47 Å². The van der Waals surface area contributed by atoms with Crippen molar-refractivity contribution in [2.45, 2.75) is 18.9 Å². The van der Waals surface area contributed by atoms with E-state index in [1.165, 1.54) is 0 Å². The lowest BCUT2D eigenvalue weighted by Crippen LogP contribution is -2.29. The number of hydrogen-bond acceptors (Lipinski definition) is 3. The molecule has 2 aromatic carbocycles. The maximum atomic E-state index is 12.7. The van der Waals surface area contributed by atoms with Crippen molar-refractivity contribution in [3.63, 3.8) is 0 Å². The molecule has 1 unspecified atom stereocenters. The minimum Gasteiger partial charge on any atom is -0.497 e. The van der Waals surface area contributed by atoms with Crippen molar-refractivity contribution in [1.29, 1.82) is 0 Å². The number of nitrogens with zero attached hydrogens (tertiary/aromatic N) is 1. The highest BCUT2D eigenvalue weighted by atomic mass is 16.5. The van der Waals surface area contributed by atoms with E-state index in [-0.39, 0.29) is 11.9 Å². The van der Waals surface area contributed by atoms with Crippen molar-refractivity contribution in [2.24, 2.45) is 0 Å². The van der Waals surface area contributed by atoms with Crippen molar-refractivity contribution >= 4 is 12.0 Å². The molecule has 1 aliphatic heterocycles. The van der Waals surface area contributed by atoms with E-state index in [4.69, 9.17) is 9.47 Å². The molecule has 1 aliphatic rings. The Bertz CT molecular complexity index is 755. The number of rotatable bonds is 5. The third kappa shape index (κ3) is 3.85. The van der Waals surface area contributed by atoms with Crippen LogP contribution in [-0.4, -0.2) is 31.6 Å². The van der Waals surface area contributed by atoms with E-state index in [1.54, 1.807) is 20.3 Å². The Labute approximate surface area is 148 Å². The average molecular weight is 337 g/mol. The molecule has 0 radical (unpaired) electrons. The molecule has 130 valence electrons. The fraction of sp³-hybridized carbons (Fsp3) is 0.286. The first-order valence-corrected chi connectivity index (χ1v) is 8.48.